The number of halogens is 1. The maximum Gasteiger partial charge on any atom is 0.294 e. The van der Waals surface area contributed by atoms with E-state index in [1.807, 2.05) is 0 Å². The van der Waals surface area contributed by atoms with Crippen LogP contribution in [0.1, 0.15) is 21.5 Å². The fourth-order valence-corrected chi connectivity index (χ4v) is 2.50. The van der Waals surface area contributed by atoms with Gasteiger partial charge in [0, 0.05) is 16.1 Å². The molecule has 0 bridgehead atoms. The summed E-state index contributed by atoms with van der Waals surface area (Å²) in [5.41, 5.74) is 1.30. The molecule has 0 aliphatic heterocycles. The lowest BCUT2D eigenvalue weighted by Gasteiger charge is -2.07. The highest BCUT2D eigenvalue weighted by molar-refractivity contribution is 7.85. The number of ketones is 1. The molecule has 0 amide bonds. The third-order valence-corrected chi connectivity index (χ3v) is 3.95. The molecule has 0 heterocycles. The Morgan fingerprint density at radius 3 is 2.20 bits per heavy atom. The quantitative estimate of drug-likeness (QED) is 0.698. The Kier molecular flexibility index (Phi) is 3.94. The van der Waals surface area contributed by atoms with Gasteiger partial charge in [0.25, 0.3) is 10.1 Å². The van der Waals surface area contributed by atoms with Gasteiger partial charge in [0.15, 0.2) is 5.78 Å². The van der Waals surface area contributed by atoms with Gasteiger partial charge in [-0.25, -0.2) is 0 Å². The summed E-state index contributed by atoms with van der Waals surface area (Å²) in [7, 11) is -4.27. The first kappa shape index (κ1) is 14.7. The maximum atomic E-state index is 12.3. The van der Waals surface area contributed by atoms with E-state index in [9.17, 15) is 13.2 Å². The topological polar surface area (TPSA) is 71.4 Å². The van der Waals surface area contributed by atoms with Crippen molar-refractivity contribution >= 4 is 27.5 Å². The molecule has 6 heteroatoms. The van der Waals surface area contributed by atoms with Crippen molar-refractivity contribution in [3.05, 3.63) is 64.2 Å². The van der Waals surface area contributed by atoms with Crippen LogP contribution in [0.25, 0.3) is 0 Å². The van der Waals surface area contributed by atoms with Gasteiger partial charge in [0.2, 0.25) is 0 Å². The minimum Gasteiger partial charge on any atom is -0.289 e. The highest BCUT2D eigenvalue weighted by Gasteiger charge is 2.15. The van der Waals surface area contributed by atoms with Gasteiger partial charge in [0.1, 0.15) is 0 Å². The number of carbonyl (C=O) groups excluding carboxylic acids is 1. The number of carbonyl (C=O) groups is 1. The highest BCUT2D eigenvalue weighted by atomic mass is 35.5. The lowest BCUT2D eigenvalue weighted by atomic mass is 9.99. The molecule has 0 aliphatic carbocycles. The molecule has 0 aliphatic rings. The van der Waals surface area contributed by atoms with E-state index in [1.165, 1.54) is 18.2 Å². The molecular weight excluding hydrogens is 300 g/mol. The summed E-state index contributed by atoms with van der Waals surface area (Å²) >= 11 is 5.76. The van der Waals surface area contributed by atoms with Crippen molar-refractivity contribution in [2.75, 3.05) is 0 Å². The summed E-state index contributed by atoms with van der Waals surface area (Å²) in [6, 6.07) is 10.3. The van der Waals surface area contributed by atoms with Crippen LogP contribution in [0.4, 0.5) is 0 Å². The molecule has 0 unspecified atom stereocenters. The van der Waals surface area contributed by atoms with Crippen LogP contribution in [-0.4, -0.2) is 18.8 Å². The van der Waals surface area contributed by atoms with Crippen LogP contribution in [0.3, 0.4) is 0 Å². The smallest absolute Gasteiger partial charge is 0.289 e. The first-order valence-corrected chi connectivity index (χ1v) is 7.49. The Morgan fingerprint density at radius 2 is 1.70 bits per heavy atom. The monoisotopic (exact) mass is 310 g/mol. The average Bonchev–Trinajstić information content (AvgIpc) is 2.37. The molecule has 2 rings (SSSR count). The molecule has 0 atom stereocenters. The van der Waals surface area contributed by atoms with Crippen LogP contribution in [-0.2, 0) is 10.1 Å². The van der Waals surface area contributed by atoms with Crippen LogP contribution in [0.2, 0.25) is 5.02 Å². The van der Waals surface area contributed by atoms with Crippen molar-refractivity contribution < 1.29 is 17.8 Å². The molecule has 0 saturated heterocycles. The summed E-state index contributed by atoms with van der Waals surface area (Å²) < 4.78 is 31.0. The van der Waals surface area contributed by atoms with Gasteiger partial charge in [-0.15, -0.1) is 0 Å². The second kappa shape index (κ2) is 5.36. The molecule has 2 aromatic rings. The van der Waals surface area contributed by atoms with E-state index in [0.717, 1.165) is 0 Å². The standard InChI is InChI=1S/C14H11ClO4S/c1-9-8-12(20(17,18)19)6-7-13(9)14(16)10-2-4-11(15)5-3-10/h2-8H,1H3,(H,17,18,19). The molecule has 2 aromatic carbocycles. The van der Waals surface area contributed by atoms with Crippen LogP contribution in [0, 0.1) is 6.92 Å². The van der Waals surface area contributed by atoms with Crippen LogP contribution >= 0.6 is 11.6 Å². The molecule has 104 valence electrons. The van der Waals surface area contributed by atoms with Crippen LogP contribution in [0.15, 0.2) is 47.4 Å². The third-order valence-electron chi connectivity index (χ3n) is 2.85. The summed E-state index contributed by atoms with van der Waals surface area (Å²) in [6.45, 7) is 1.61. The van der Waals surface area contributed by atoms with Crippen molar-refractivity contribution in [1.82, 2.24) is 0 Å². The Balaban J connectivity index is 2.43. The first-order valence-electron chi connectivity index (χ1n) is 5.67. The lowest BCUT2D eigenvalue weighted by molar-refractivity contribution is 0.103. The molecule has 0 spiro atoms. The van der Waals surface area contributed by atoms with Gasteiger partial charge in [-0.1, -0.05) is 11.6 Å². The van der Waals surface area contributed by atoms with Gasteiger partial charge in [-0.3, -0.25) is 9.35 Å². The first-order chi connectivity index (χ1) is 9.29. The number of rotatable bonds is 3. The van der Waals surface area contributed by atoms with Gasteiger partial charge >= 0.3 is 0 Å². The van der Waals surface area contributed by atoms with Crippen molar-refractivity contribution in [2.24, 2.45) is 0 Å². The fraction of sp³-hybridized carbons (Fsp3) is 0.0714. The Bertz CT molecular complexity index is 764. The summed E-state index contributed by atoms with van der Waals surface area (Å²) in [5, 5.41) is 0.528. The molecular formula is C14H11ClO4S. The van der Waals surface area contributed by atoms with E-state index < -0.39 is 10.1 Å². The van der Waals surface area contributed by atoms with Gasteiger partial charge in [-0.2, -0.15) is 8.42 Å². The largest absolute Gasteiger partial charge is 0.294 e. The predicted molar refractivity (Wildman–Crippen MR) is 75.9 cm³/mol. The lowest BCUT2D eigenvalue weighted by Crippen LogP contribution is -2.06. The van der Waals surface area contributed by atoms with Crippen molar-refractivity contribution in [1.29, 1.82) is 0 Å². The Hall–Kier alpha value is -1.69. The third kappa shape index (κ3) is 3.07. The van der Waals surface area contributed by atoms with Gasteiger partial charge in [-0.05, 0) is 55.0 Å². The van der Waals surface area contributed by atoms with Crippen molar-refractivity contribution in [3.8, 4) is 0 Å². The molecule has 0 fully saturated rings. The van der Waals surface area contributed by atoms with E-state index in [0.29, 0.717) is 21.7 Å². The zero-order valence-electron chi connectivity index (χ0n) is 10.5. The van der Waals surface area contributed by atoms with Crippen LogP contribution < -0.4 is 0 Å². The highest BCUT2D eigenvalue weighted by Crippen LogP contribution is 2.19. The number of aryl methyl sites for hydroxylation is 1. The molecule has 0 aromatic heterocycles. The van der Waals surface area contributed by atoms with Crippen molar-refractivity contribution in [3.63, 3.8) is 0 Å². The predicted octanol–water partition coefficient (Wildman–Crippen LogP) is 3.13. The number of hydrogen-bond donors (Lipinski definition) is 1. The fourth-order valence-electron chi connectivity index (χ4n) is 1.81. The van der Waals surface area contributed by atoms with E-state index >= 15 is 0 Å². The molecule has 20 heavy (non-hydrogen) atoms. The van der Waals surface area contributed by atoms with E-state index in [1.54, 1.807) is 31.2 Å². The minimum absolute atomic E-state index is 0.234. The molecule has 0 radical (unpaired) electrons. The minimum atomic E-state index is -4.27. The Labute approximate surface area is 121 Å². The van der Waals surface area contributed by atoms with E-state index in [4.69, 9.17) is 16.2 Å². The van der Waals surface area contributed by atoms with Crippen molar-refractivity contribution in [2.45, 2.75) is 11.8 Å². The average molecular weight is 311 g/mol. The molecule has 0 saturated carbocycles. The Morgan fingerprint density at radius 1 is 1.10 bits per heavy atom. The van der Waals surface area contributed by atoms with Gasteiger partial charge in [0.05, 0.1) is 4.90 Å². The van der Waals surface area contributed by atoms with Gasteiger partial charge < -0.3 is 0 Å². The van der Waals surface area contributed by atoms with Crippen LogP contribution in [0.5, 0.6) is 0 Å². The second-order valence-corrected chi connectivity index (χ2v) is 6.15. The second-order valence-electron chi connectivity index (χ2n) is 4.29. The summed E-state index contributed by atoms with van der Waals surface area (Å²) in [5.74, 6) is -0.235. The zero-order valence-corrected chi connectivity index (χ0v) is 12.1. The molecule has 1 N–H and O–H groups in total. The summed E-state index contributed by atoms with van der Waals surface area (Å²) in [6.07, 6.45) is 0. The number of hydrogen-bond acceptors (Lipinski definition) is 3. The molecule has 4 nitrogen and oxygen atoms in total. The summed E-state index contributed by atoms with van der Waals surface area (Å²) in [4.78, 5) is 12.1. The number of benzene rings is 2. The van der Waals surface area contributed by atoms with E-state index in [-0.39, 0.29) is 10.7 Å². The normalized spacial score (nSPS) is 11.3. The zero-order chi connectivity index (χ0) is 14.9. The van der Waals surface area contributed by atoms with E-state index in [2.05, 4.69) is 0 Å². The maximum absolute atomic E-state index is 12.3. The SMILES string of the molecule is Cc1cc(S(=O)(=O)O)ccc1C(=O)c1ccc(Cl)cc1.